The molecule has 27 heavy (non-hydrogen) atoms. The zero-order valence-corrected chi connectivity index (χ0v) is 16.1. The summed E-state index contributed by atoms with van der Waals surface area (Å²) in [6, 6.07) is 5.24. The molecule has 2 saturated carbocycles. The Morgan fingerprint density at radius 3 is 2.30 bits per heavy atom. The molecule has 1 aromatic carbocycles. The summed E-state index contributed by atoms with van der Waals surface area (Å²) in [6.45, 7) is 2.38. The van der Waals surface area contributed by atoms with Gasteiger partial charge in [-0.3, -0.25) is 9.59 Å². The lowest BCUT2D eigenvalue weighted by Crippen LogP contribution is -2.52. The third-order valence-corrected chi connectivity index (χ3v) is 6.57. The van der Waals surface area contributed by atoms with Crippen molar-refractivity contribution in [3.8, 4) is 11.5 Å². The minimum absolute atomic E-state index is 0.0541. The Morgan fingerprint density at radius 2 is 1.70 bits per heavy atom. The van der Waals surface area contributed by atoms with E-state index in [9.17, 15) is 9.59 Å². The van der Waals surface area contributed by atoms with E-state index in [-0.39, 0.29) is 11.8 Å². The maximum Gasteiger partial charge on any atom is 0.257 e. The van der Waals surface area contributed by atoms with E-state index in [1.165, 1.54) is 19.3 Å². The number of carbonyl (C=O) groups excluding carboxylic acids is 2. The van der Waals surface area contributed by atoms with Crippen molar-refractivity contribution < 1.29 is 19.1 Å². The number of hydrogen-bond donors (Lipinski definition) is 0. The molecule has 146 valence electrons. The van der Waals surface area contributed by atoms with Gasteiger partial charge in [0.25, 0.3) is 5.91 Å². The number of fused-ring (bicyclic) bond motifs is 2. The Labute approximate surface area is 160 Å². The highest BCUT2D eigenvalue weighted by Crippen LogP contribution is 2.48. The lowest BCUT2D eigenvalue weighted by molar-refractivity contribution is -0.138. The summed E-state index contributed by atoms with van der Waals surface area (Å²) >= 11 is 0. The number of carbonyl (C=O) groups is 2. The maximum absolute atomic E-state index is 12.9. The van der Waals surface area contributed by atoms with E-state index < -0.39 is 0 Å². The molecule has 0 aromatic heterocycles. The molecule has 4 rings (SSSR count). The Balaban J connectivity index is 1.37. The molecule has 0 N–H and O–H groups in total. The van der Waals surface area contributed by atoms with Crippen LogP contribution in [0.1, 0.15) is 36.0 Å². The van der Waals surface area contributed by atoms with E-state index in [4.69, 9.17) is 9.47 Å². The molecule has 0 radical (unpaired) electrons. The van der Waals surface area contributed by atoms with Crippen LogP contribution in [0.25, 0.3) is 0 Å². The first-order valence-electron chi connectivity index (χ1n) is 9.90. The second-order valence-corrected chi connectivity index (χ2v) is 7.97. The summed E-state index contributed by atoms with van der Waals surface area (Å²) in [5, 5.41) is 0. The fourth-order valence-electron chi connectivity index (χ4n) is 5.06. The highest BCUT2D eigenvalue weighted by atomic mass is 16.5. The average molecular weight is 372 g/mol. The van der Waals surface area contributed by atoms with Crippen molar-refractivity contribution in [2.24, 2.45) is 17.8 Å². The first-order chi connectivity index (χ1) is 13.1. The summed E-state index contributed by atoms with van der Waals surface area (Å²) in [6.07, 6.45) is 4.84. The Hall–Kier alpha value is -2.24. The van der Waals surface area contributed by atoms with Gasteiger partial charge in [-0.2, -0.15) is 0 Å². The van der Waals surface area contributed by atoms with E-state index in [2.05, 4.69) is 0 Å². The van der Waals surface area contributed by atoms with Crippen molar-refractivity contribution in [1.82, 2.24) is 9.80 Å². The topological polar surface area (TPSA) is 59.1 Å². The van der Waals surface area contributed by atoms with Gasteiger partial charge in [0.2, 0.25) is 5.91 Å². The van der Waals surface area contributed by atoms with Gasteiger partial charge < -0.3 is 19.3 Å². The van der Waals surface area contributed by atoms with Crippen LogP contribution in [0.15, 0.2) is 18.2 Å². The highest BCUT2D eigenvalue weighted by Gasteiger charge is 2.44. The molecule has 3 fully saturated rings. The van der Waals surface area contributed by atoms with Crippen molar-refractivity contribution in [3.63, 3.8) is 0 Å². The van der Waals surface area contributed by atoms with Gasteiger partial charge in [-0.25, -0.2) is 0 Å². The number of benzene rings is 1. The van der Waals surface area contributed by atoms with Crippen LogP contribution in [-0.2, 0) is 4.79 Å². The largest absolute Gasteiger partial charge is 0.497 e. The van der Waals surface area contributed by atoms with Crippen LogP contribution in [0.5, 0.6) is 11.5 Å². The first kappa shape index (κ1) is 18.1. The molecule has 0 spiro atoms. The van der Waals surface area contributed by atoms with Crippen molar-refractivity contribution in [1.29, 1.82) is 0 Å². The standard InChI is InChI=1S/C21H28N2O4/c1-26-16-5-6-17(19(13-16)27-2)20(24)22-7-9-23(10-8-22)21(25)18-12-14-3-4-15(18)11-14/h5-6,13-15,18H,3-4,7-12H2,1-2H3. The van der Waals surface area contributed by atoms with Crippen molar-refractivity contribution in [2.45, 2.75) is 25.7 Å². The molecular weight excluding hydrogens is 344 g/mol. The van der Waals surface area contributed by atoms with Crippen molar-refractivity contribution in [2.75, 3.05) is 40.4 Å². The van der Waals surface area contributed by atoms with Crippen LogP contribution in [-0.4, -0.2) is 62.0 Å². The predicted octanol–water partition coefficient (Wildman–Crippen LogP) is 2.42. The van der Waals surface area contributed by atoms with E-state index in [1.807, 2.05) is 9.80 Å². The zero-order chi connectivity index (χ0) is 19.0. The Morgan fingerprint density at radius 1 is 0.963 bits per heavy atom. The summed E-state index contributed by atoms with van der Waals surface area (Å²) in [4.78, 5) is 29.6. The molecule has 3 aliphatic rings. The second kappa shape index (κ2) is 7.41. The van der Waals surface area contributed by atoms with Crippen LogP contribution in [0.3, 0.4) is 0 Å². The van der Waals surface area contributed by atoms with Gasteiger partial charge in [-0.15, -0.1) is 0 Å². The average Bonchev–Trinajstić information content (AvgIpc) is 3.36. The van der Waals surface area contributed by atoms with E-state index in [0.717, 1.165) is 12.3 Å². The fraction of sp³-hybridized carbons (Fsp3) is 0.619. The number of methoxy groups -OCH3 is 2. The molecule has 2 amide bonds. The van der Waals surface area contributed by atoms with E-state index >= 15 is 0 Å². The molecule has 3 atom stereocenters. The van der Waals surface area contributed by atoms with Crippen LogP contribution < -0.4 is 9.47 Å². The molecule has 3 unspecified atom stereocenters. The maximum atomic E-state index is 12.9. The van der Waals surface area contributed by atoms with Crippen LogP contribution in [0.2, 0.25) is 0 Å². The summed E-state index contributed by atoms with van der Waals surface area (Å²) < 4.78 is 10.6. The third kappa shape index (κ3) is 3.37. The van der Waals surface area contributed by atoms with Gasteiger partial charge in [0, 0.05) is 38.2 Å². The molecule has 6 nitrogen and oxygen atoms in total. The summed E-state index contributed by atoms with van der Waals surface area (Å²) in [7, 11) is 3.14. The van der Waals surface area contributed by atoms with Crippen LogP contribution in [0.4, 0.5) is 0 Å². The van der Waals surface area contributed by atoms with Crippen molar-refractivity contribution in [3.05, 3.63) is 23.8 Å². The first-order valence-corrected chi connectivity index (χ1v) is 9.90. The highest BCUT2D eigenvalue weighted by molar-refractivity contribution is 5.97. The summed E-state index contributed by atoms with van der Waals surface area (Å²) in [5.41, 5.74) is 0.533. The fourth-order valence-corrected chi connectivity index (χ4v) is 5.06. The SMILES string of the molecule is COc1ccc(C(=O)N2CCN(C(=O)C3CC4CCC3C4)CC2)c(OC)c1. The minimum atomic E-state index is -0.0541. The quantitative estimate of drug-likeness (QED) is 0.814. The number of rotatable bonds is 4. The molecule has 1 aliphatic heterocycles. The lowest BCUT2D eigenvalue weighted by atomic mass is 9.87. The Bertz CT molecular complexity index is 727. The van der Waals surface area contributed by atoms with Gasteiger partial charge in [0.05, 0.1) is 19.8 Å². The van der Waals surface area contributed by atoms with E-state index in [1.54, 1.807) is 32.4 Å². The normalized spacial score (nSPS) is 27.0. The predicted molar refractivity (Wildman–Crippen MR) is 101 cm³/mol. The number of ether oxygens (including phenoxy) is 2. The van der Waals surface area contributed by atoms with Gasteiger partial charge in [0.15, 0.2) is 0 Å². The van der Waals surface area contributed by atoms with Gasteiger partial charge in [-0.05, 0) is 43.2 Å². The summed E-state index contributed by atoms with van der Waals surface area (Å²) in [5.74, 6) is 3.04. The van der Waals surface area contributed by atoms with Gasteiger partial charge >= 0.3 is 0 Å². The molecule has 6 heteroatoms. The molecular formula is C21H28N2O4. The number of piperazine rings is 1. The molecule has 1 heterocycles. The Kier molecular flexibility index (Phi) is 4.98. The second-order valence-electron chi connectivity index (χ2n) is 7.97. The smallest absolute Gasteiger partial charge is 0.257 e. The van der Waals surface area contributed by atoms with Gasteiger partial charge in [-0.1, -0.05) is 6.42 Å². The van der Waals surface area contributed by atoms with Crippen LogP contribution in [0, 0.1) is 17.8 Å². The molecule has 1 aromatic rings. The van der Waals surface area contributed by atoms with Crippen LogP contribution >= 0.6 is 0 Å². The molecule has 2 bridgehead atoms. The van der Waals surface area contributed by atoms with Crippen molar-refractivity contribution >= 4 is 11.8 Å². The monoisotopic (exact) mass is 372 g/mol. The number of hydrogen-bond acceptors (Lipinski definition) is 4. The molecule has 2 aliphatic carbocycles. The van der Waals surface area contributed by atoms with E-state index in [0.29, 0.717) is 55.1 Å². The third-order valence-electron chi connectivity index (χ3n) is 6.57. The zero-order valence-electron chi connectivity index (χ0n) is 16.1. The van der Waals surface area contributed by atoms with Gasteiger partial charge in [0.1, 0.15) is 11.5 Å². The number of amides is 2. The number of nitrogens with zero attached hydrogens (tertiary/aromatic N) is 2. The lowest BCUT2D eigenvalue weighted by Gasteiger charge is -2.37. The molecule has 1 saturated heterocycles. The minimum Gasteiger partial charge on any atom is -0.497 e.